The van der Waals surface area contributed by atoms with Gasteiger partial charge < -0.3 is 10.8 Å². The number of halogens is 1. The molecule has 1 aromatic heterocycles. The van der Waals surface area contributed by atoms with Gasteiger partial charge in [0.05, 0.1) is 5.69 Å². The number of hydrogen-bond donors (Lipinski definition) is 2. The SMILES string of the molecule is Nc1c(Cl)c(C2CC2)nn1CC(=O)O. The van der Waals surface area contributed by atoms with Crippen LogP contribution in [0.25, 0.3) is 0 Å². The lowest BCUT2D eigenvalue weighted by Crippen LogP contribution is -2.12. The molecule has 1 aromatic rings. The minimum absolute atomic E-state index is 0.238. The highest BCUT2D eigenvalue weighted by atomic mass is 35.5. The first-order valence-corrected chi connectivity index (χ1v) is 4.71. The van der Waals surface area contributed by atoms with Gasteiger partial charge in [-0.15, -0.1) is 0 Å². The van der Waals surface area contributed by atoms with Crippen LogP contribution < -0.4 is 5.73 Å². The van der Waals surface area contributed by atoms with E-state index in [0.29, 0.717) is 10.9 Å². The Morgan fingerprint density at radius 3 is 2.86 bits per heavy atom. The van der Waals surface area contributed by atoms with Crippen molar-refractivity contribution in [2.75, 3.05) is 5.73 Å². The van der Waals surface area contributed by atoms with Crippen LogP contribution in [0, 0.1) is 0 Å². The molecule has 0 atom stereocenters. The molecule has 14 heavy (non-hydrogen) atoms. The third-order valence-corrected chi connectivity index (χ3v) is 2.59. The van der Waals surface area contributed by atoms with Crippen molar-refractivity contribution in [3.8, 4) is 0 Å². The highest BCUT2D eigenvalue weighted by molar-refractivity contribution is 6.33. The molecule has 6 heteroatoms. The Labute approximate surface area is 85.5 Å². The minimum Gasteiger partial charge on any atom is -0.480 e. The van der Waals surface area contributed by atoms with Crippen molar-refractivity contribution >= 4 is 23.4 Å². The highest BCUT2D eigenvalue weighted by Crippen LogP contribution is 2.43. The van der Waals surface area contributed by atoms with E-state index in [-0.39, 0.29) is 12.4 Å². The minimum atomic E-state index is -0.974. The Morgan fingerprint density at radius 2 is 2.36 bits per heavy atom. The zero-order valence-electron chi connectivity index (χ0n) is 7.40. The van der Waals surface area contributed by atoms with E-state index in [9.17, 15) is 4.79 Å². The van der Waals surface area contributed by atoms with Gasteiger partial charge in [-0.1, -0.05) is 11.6 Å². The molecule has 0 radical (unpaired) electrons. The fourth-order valence-corrected chi connectivity index (χ4v) is 1.63. The van der Waals surface area contributed by atoms with Crippen molar-refractivity contribution in [1.82, 2.24) is 9.78 Å². The molecule has 2 rings (SSSR count). The molecule has 0 bridgehead atoms. The molecule has 1 heterocycles. The summed E-state index contributed by atoms with van der Waals surface area (Å²) in [5.41, 5.74) is 6.36. The average molecular weight is 216 g/mol. The number of anilines is 1. The first kappa shape index (κ1) is 9.33. The van der Waals surface area contributed by atoms with E-state index in [2.05, 4.69) is 5.10 Å². The molecule has 1 fully saturated rings. The lowest BCUT2D eigenvalue weighted by atomic mass is 10.3. The Bertz CT molecular complexity index is 384. The summed E-state index contributed by atoms with van der Waals surface area (Å²) >= 11 is 5.93. The average Bonchev–Trinajstić information content (AvgIpc) is 2.88. The standard InChI is InChI=1S/C8H10ClN3O2/c9-6-7(4-1-2-4)11-12(8(6)10)3-5(13)14/h4H,1-3,10H2,(H,13,14). The fraction of sp³-hybridized carbons (Fsp3) is 0.500. The molecule has 5 nitrogen and oxygen atoms in total. The fourth-order valence-electron chi connectivity index (χ4n) is 1.34. The van der Waals surface area contributed by atoms with E-state index < -0.39 is 5.97 Å². The predicted molar refractivity (Wildman–Crippen MR) is 51.3 cm³/mol. The summed E-state index contributed by atoms with van der Waals surface area (Å²) in [6.45, 7) is -0.238. The van der Waals surface area contributed by atoms with E-state index >= 15 is 0 Å². The lowest BCUT2D eigenvalue weighted by Gasteiger charge is -1.97. The second-order valence-electron chi connectivity index (χ2n) is 3.41. The van der Waals surface area contributed by atoms with E-state index in [4.69, 9.17) is 22.4 Å². The predicted octanol–water partition coefficient (Wildman–Crippen LogP) is 1.08. The van der Waals surface area contributed by atoms with Crippen LogP contribution in [0.1, 0.15) is 24.5 Å². The van der Waals surface area contributed by atoms with E-state index in [0.717, 1.165) is 18.5 Å². The molecular formula is C8H10ClN3O2. The maximum absolute atomic E-state index is 10.5. The van der Waals surface area contributed by atoms with Crippen LogP contribution in [-0.2, 0) is 11.3 Å². The Balaban J connectivity index is 2.31. The van der Waals surface area contributed by atoms with E-state index in [1.807, 2.05) is 0 Å². The summed E-state index contributed by atoms with van der Waals surface area (Å²) in [5.74, 6) is -0.353. The third kappa shape index (κ3) is 1.55. The number of aliphatic carboxylic acids is 1. The molecule has 0 aliphatic heterocycles. The monoisotopic (exact) mass is 215 g/mol. The summed E-state index contributed by atoms with van der Waals surface area (Å²) in [5, 5.41) is 13.1. The largest absolute Gasteiger partial charge is 0.480 e. The second kappa shape index (κ2) is 3.16. The number of carboxylic acids is 1. The molecule has 3 N–H and O–H groups in total. The number of nitrogens with zero attached hydrogens (tertiary/aromatic N) is 2. The van der Waals surface area contributed by atoms with Gasteiger partial charge in [-0.25, -0.2) is 4.68 Å². The Morgan fingerprint density at radius 1 is 1.71 bits per heavy atom. The van der Waals surface area contributed by atoms with Gasteiger partial charge in [0.15, 0.2) is 0 Å². The van der Waals surface area contributed by atoms with Gasteiger partial charge >= 0.3 is 5.97 Å². The van der Waals surface area contributed by atoms with E-state index in [1.54, 1.807) is 0 Å². The molecule has 76 valence electrons. The summed E-state index contributed by atoms with van der Waals surface area (Å²) < 4.78 is 1.23. The maximum Gasteiger partial charge on any atom is 0.325 e. The molecule has 0 amide bonds. The summed E-state index contributed by atoms with van der Waals surface area (Å²) in [6, 6.07) is 0. The third-order valence-electron chi connectivity index (χ3n) is 2.21. The van der Waals surface area contributed by atoms with Crippen LogP contribution in [0.3, 0.4) is 0 Å². The van der Waals surface area contributed by atoms with Crippen LogP contribution in [0.2, 0.25) is 5.02 Å². The number of carboxylic acid groups (broad SMARTS) is 1. The van der Waals surface area contributed by atoms with Gasteiger partial charge in [0.25, 0.3) is 0 Å². The zero-order chi connectivity index (χ0) is 10.3. The maximum atomic E-state index is 10.5. The van der Waals surface area contributed by atoms with Crippen LogP contribution >= 0.6 is 11.6 Å². The van der Waals surface area contributed by atoms with Gasteiger partial charge in [0.2, 0.25) is 0 Å². The first-order chi connectivity index (χ1) is 6.59. The number of aromatic nitrogens is 2. The smallest absolute Gasteiger partial charge is 0.325 e. The molecule has 0 saturated heterocycles. The summed E-state index contributed by atoms with van der Waals surface area (Å²) in [4.78, 5) is 10.5. The summed E-state index contributed by atoms with van der Waals surface area (Å²) in [6.07, 6.45) is 2.12. The molecule has 0 spiro atoms. The number of nitrogen functional groups attached to an aromatic ring is 1. The molecule has 1 aliphatic rings. The van der Waals surface area contributed by atoms with Crippen LogP contribution in [0.15, 0.2) is 0 Å². The normalized spacial score (nSPS) is 15.8. The molecule has 0 aromatic carbocycles. The second-order valence-corrected chi connectivity index (χ2v) is 3.79. The van der Waals surface area contributed by atoms with Gasteiger partial charge in [0, 0.05) is 5.92 Å². The lowest BCUT2D eigenvalue weighted by molar-refractivity contribution is -0.137. The Kier molecular flexibility index (Phi) is 2.11. The first-order valence-electron chi connectivity index (χ1n) is 4.33. The van der Waals surface area contributed by atoms with Crippen molar-refractivity contribution in [3.05, 3.63) is 10.7 Å². The van der Waals surface area contributed by atoms with E-state index in [1.165, 1.54) is 4.68 Å². The highest BCUT2D eigenvalue weighted by Gasteiger charge is 2.30. The van der Waals surface area contributed by atoms with Crippen molar-refractivity contribution in [1.29, 1.82) is 0 Å². The molecule has 1 aliphatic carbocycles. The van der Waals surface area contributed by atoms with Gasteiger partial charge in [-0.05, 0) is 12.8 Å². The van der Waals surface area contributed by atoms with Crippen LogP contribution in [-0.4, -0.2) is 20.9 Å². The van der Waals surface area contributed by atoms with Crippen molar-refractivity contribution in [2.24, 2.45) is 0 Å². The van der Waals surface area contributed by atoms with Crippen molar-refractivity contribution < 1.29 is 9.90 Å². The zero-order valence-corrected chi connectivity index (χ0v) is 8.16. The van der Waals surface area contributed by atoms with Gasteiger partial charge in [0.1, 0.15) is 17.4 Å². The molecule has 0 unspecified atom stereocenters. The number of nitrogens with two attached hydrogens (primary N) is 1. The van der Waals surface area contributed by atoms with Crippen LogP contribution in [0.5, 0.6) is 0 Å². The van der Waals surface area contributed by atoms with Gasteiger partial charge in [-0.3, -0.25) is 4.79 Å². The summed E-state index contributed by atoms with van der Waals surface area (Å²) in [7, 11) is 0. The van der Waals surface area contributed by atoms with Crippen molar-refractivity contribution in [3.63, 3.8) is 0 Å². The number of carbonyl (C=O) groups is 1. The Hall–Kier alpha value is -1.23. The number of hydrogen-bond acceptors (Lipinski definition) is 3. The number of rotatable bonds is 3. The molecule has 1 saturated carbocycles. The van der Waals surface area contributed by atoms with Crippen molar-refractivity contribution in [2.45, 2.75) is 25.3 Å². The van der Waals surface area contributed by atoms with Gasteiger partial charge in [-0.2, -0.15) is 5.10 Å². The topological polar surface area (TPSA) is 81.1 Å². The molecular weight excluding hydrogens is 206 g/mol. The quantitative estimate of drug-likeness (QED) is 0.791. The van der Waals surface area contributed by atoms with Crippen LogP contribution in [0.4, 0.5) is 5.82 Å².